The molecule has 1 aliphatic carbocycles. The SMILES string of the molecule is CC(=O)N1CCC([C@@H]2C[C@H]2C(=O)Nc2cc3cc(Cl)nc(N)c3cn2)CC1. The van der Waals surface area contributed by atoms with E-state index in [2.05, 4.69) is 15.3 Å². The third kappa shape index (κ3) is 3.69. The van der Waals surface area contributed by atoms with E-state index in [-0.39, 0.29) is 17.7 Å². The van der Waals surface area contributed by atoms with Gasteiger partial charge in [-0.15, -0.1) is 0 Å². The molecule has 2 amide bonds. The van der Waals surface area contributed by atoms with E-state index in [4.69, 9.17) is 17.3 Å². The molecule has 2 fully saturated rings. The Balaban J connectivity index is 1.38. The van der Waals surface area contributed by atoms with Gasteiger partial charge >= 0.3 is 0 Å². The van der Waals surface area contributed by atoms with Crippen molar-refractivity contribution in [2.24, 2.45) is 17.8 Å². The van der Waals surface area contributed by atoms with Gasteiger partial charge in [-0.1, -0.05) is 11.6 Å². The van der Waals surface area contributed by atoms with Gasteiger partial charge < -0.3 is 16.0 Å². The summed E-state index contributed by atoms with van der Waals surface area (Å²) in [6.07, 6.45) is 4.47. The molecule has 3 heterocycles. The van der Waals surface area contributed by atoms with Crippen LogP contribution in [0.5, 0.6) is 0 Å². The van der Waals surface area contributed by atoms with Gasteiger partial charge in [-0.2, -0.15) is 0 Å². The van der Waals surface area contributed by atoms with E-state index in [1.165, 1.54) is 0 Å². The molecule has 2 aromatic rings. The van der Waals surface area contributed by atoms with Crippen LogP contribution in [-0.2, 0) is 9.59 Å². The second-order valence-corrected chi connectivity index (χ2v) is 7.85. The van der Waals surface area contributed by atoms with Gasteiger partial charge in [0.1, 0.15) is 16.8 Å². The lowest BCUT2D eigenvalue weighted by atomic mass is 9.91. The molecule has 7 nitrogen and oxygen atoms in total. The molecular weight excluding hydrogens is 366 g/mol. The number of aromatic nitrogens is 2. The fraction of sp³-hybridized carbons (Fsp3) is 0.474. The second kappa shape index (κ2) is 6.96. The number of pyridine rings is 2. The zero-order valence-electron chi connectivity index (χ0n) is 15.1. The summed E-state index contributed by atoms with van der Waals surface area (Å²) in [4.78, 5) is 34.2. The number of nitrogens with two attached hydrogens (primary N) is 1. The Labute approximate surface area is 162 Å². The third-order valence-corrected chi connectivity index (χ3v) is 5.93. The number of likely N-dealkylation sites (tertiary alicyclic amines) is 1. The minimum atomic E-state index is 0.00831. The first kappa shape index (κ1) is 18.0. The van der Waals surface area contributed by atoms with Gasteiger partial charge in [0, 0.05) is 37.5 Å². The number of carbonyl (C=O) groups excluding carboxylic acids is 2. The number of piperidine rings is 1. The van der Waals surface area contributed by atoms with Crippen LogP contribution in [0.4, 0.5) is 11.6 Å². The van der Waals surface area contributed by atoms with Crippen molar-refractivity contribution in [1.29, 1.82) is 0 Å². The first-order chi connectivity index (χ1) is 12.9. The normalized spacial score (nSPS) is 22.7. The maximum Gasteiger partial charge on any atom is 0.228 e. The predicted molar refractivity (Wildman–Crippen MR) is 104 cm³/mol. The van der Waals surface area contributed by atoms with Crippen molar-refractivity contribution in [3.05, 3.63) is 23.5 Å². The topological polar surface area (TPSA) is 101 Å². The van der Waals surface area contributed by atoms with Gasteiger partial charge in [0.05, 0.1) is 0 Å². The summed E-state index contributed by atoms with van der Waals surface area (Å²) in [5, 5.41) is 4.72. The number of amides is 2. The summed E-state index contributed by atoms with van der Waals surface area (Å²) < 4.78 is 0. The van der Waals surface area contributed by atoms with E-state index in [9.17, 15) is 9.59 Å². The van der Waals surface area contributed by atoms with Gasteiger partial charge in [-0.3, -0.25) is 9.59 Å². The highest BCUT2D eigenvalue weighted by Gasteiger charge is 2.48. The summed E-state index contributed by atoms with van der Waals surface area (Å²) in [6.45, 7) is 3.21. The van der Waals surface area contributed by atoms with Crippen LogP contribution >= 0.6 is 11.6 Å². The molecule has 4 rings (SSSR count). The Morgan fingerprint density at radius 1 is 1.30 bits per heavy atom. The predicted octanol–water partition coefficient (Wildman–Crippen LogP) is 2.70. The van der Waals surface area contributed by atoms with Crippen molar-refractivity contribution < 1.29 is 9.59 Å². The van der Waals surface area contributed by atoms with E-state index in [0.717, 1.165) is 37.7 Å². The van der Waals surface area contributed by atoms with Crippen molar-refractivity contribution in [1.82, 2.24) is 14.9 Å². The quantitative estimate of drug-likeness (QED) is 0.788. The zero-order valence-corrected chi connectivity index (χ0v) is 15.9. The number of anilines is 2. The maximum absolute atomic E-state index is 12.6. The standard InChI is InChI=1S/C19H22ClN5O2/c1-10(26)25-4-2-11(3-5-25)13-8-14(13)19(27)24-17-7-12-6-16(20)23-18(21)15(12)9-22-17/h6-7,9,11,13-14H,2-5,8H2,1H3,(H2,21,23)(H,22,24,27)/t13-,14+/m0/s1. The summed E-state index contributed by atoms with van der Waals surface area (Å²) >= 11 is 5.95. The third-order valence-electron chi connectivity index (χ3n) is 5.73. The van der Waals surface area contributed by atoms with Gasteiger partial charge in [0.15, 0.2) is 0 Å². The molecule has 2 aromatic heterocycles. The minimum Gasteiger partial charge on any atom is -0.383 e. The zero-order chi connectivity index (χ0) is 19.1. The van der Waals surface area contributed by atoms with Crippen LogP contribution < -0.4 is 11.1 Å². The molecule has 0 unspecified atom stereocenters. The Kier molecular flexibility index (Phi) is 4.63. The van der Waals surface area contributed by atoms with Crippen molar-refractivity contribution in [3.63, 3.8) is 0 Å². The van der Waals surface area contributed by atoms with Crippen molar-refractivity contribution in [2.75, 3.05) is 24.1 Å². The van der Waals surface area contributed by atoms with Crippen LogP contribution in [0.3, 0.4) is 0 Å². The van der Waals surface area contributed by atoms with E-state index in [1.54, 1.807) is 25.3 Å². The number of nitrogens with zero attached hydrogens (tertiary/aromatic N) is 3. The van der Waals surface area contributed by atoms with Crippen LogP contribution in [0.25, 0.3) is 10.8 Å². The van der Waals surface area contributed by atoms with Crippen molar-refractivity contribution >= 4 is 45.8 Å². The smallest absolute Gasteiger partial charge is 0.228 e. The highest BCUT2D eigenvalue weighted by atomic mass is 35.5. The average Bonchev–Trinajstić information content (AvgIpc) is 3.42. The summed E-state index contributed by atoms with van der Waals surface area (Å²) in [7, 11) is 0. The van der Waals surface area contributed by atoms with Crippen LogP contribution in [-0.4, -0.2) is 39.8 Å². The lowest BCUT2D eigenvalue weighted by Crippen LogP contribution is -2.37. The monoisotopic (exact) mass is 387 g/mol. The van der Waals surface area contributed by atoms with Gasteiger partial charge in [-0.25, -0.2) is 9.97 Å². The summed E-state index contributed by atoms with van der Waals surface area (Å²) in [5.41, 5.74) is 5.85. The van der Waals surface area contributed by atoms with Crippen LogP contribution in [0.15, 0.2) is 18.3 Å². The average molecular weight is 388 g/mol. The van der Waals surface area contributed by atoms with Crippen LogP contribution in [0.1, 0.15) is 26.2 Å². The second-order valence-electron chi connectivity index (χ2n) is 7.46. The summed E-state index contributed by atoms with van der Waals surface area (Å²) in [5.74, 6) is 1.92. The number of fused-ring (bicyclic) bond motifs is 1. The number of nitrogen functional groups attached to an aromatic ring is 1. The molecule has 0 aromatic carbocycles. The van der Waals surface area contributed by atoms with Gasteiger partial charge in [-0.05, 0) is 48.6 Å². The van der Waals surface area contributed by atoms with E-state index in [0.29, 0.717) is 34.0 Å². The Morgan fingerprint density at radius 2 is 2.04 bits per heavy atom. The number of hydrogen-bond acceptors (Lipinski definition) is 5. The van der Waals surface area contributed by atoms with Crippen molar-refractivity contribution in [3.8, 4) is 0 Å². The largest absolute Gasteiger partial charge is 0.383 e. The molecule has 1 aliphatic heterocycles. The molecule has 0 bridgehead atoms. The minimum absolute atomic E-state index is 0.00831. The molecule has 3 N–H and O–H groups in total. The van der Waals surface area contributed by atoms with Crippen LogP contribution in [0, 0.1) is 17.8 Å². The highest BCUT2D eigenvalue weighted by molar-refractivity contribution is 6.30. The van der Waals surface area contributed by atoms with E-state index < -0.39 is 0 Å². The van der Waals surface area contributed by atoms with E-state index in [1.807, 2.05) is 4.90 Å². The molecule has 1 saturated heterocycles. The fourth-order valence-electron chi connectivity index (χ4n) is 4.11. The molecule has 142 valence electrons. The molecule has 2 atom stereocenters. The number of rotatable bonds is 3. The number of halogens is 1. The maximum atomic E-state index is 12.6. The lowest BCUT2D eigenvalue weighted by molar-refractivity contribution is -0.130. The number of hydrogen-bond donors (Lipinski definition) is 2. The molecular formula is C19H22ClN5O2. The number of carbonyl (C=O) groups is 2. The molecule has 8 heteroatoms. The Bertz CT molecular complexity index is 910. The Morgan fingerprint density at radius 3 is 2.74 bits per heavy atom. The van der Waals surface area contributed by atoms with E-state index >= 15 is 0 Å². The molecule has 27 heavy (non-hydrogen) atoms. The molecule has 0 spiro atoms. The Hall–Kier alpha value is -2.41. The summed E-state index contributed by atoms with van der Waals surface area (Å²) in [6, 6.07) is 3.47. The fourth-order valence-corrected chi connectivity index (χ4v) is 4.32. The first-order valence-electron chi connectivity index (χ1n) is 9.20. The van der Waals surface area contributed by atoms with Gasteiger partial charge in [0.25, 0.3) is 0 Å². The number of nitrogens with one attached hydrogen (secondary N) is 1. The lowest BCUT2D eigenvalue weighted by Gasteiger charge is -2.31. The van der Waals surface area contributed by atoms with Crippen LogP contribution in [0.2, 0.25) is 5.15 Å². The molecule has 0 radical (unpaired) electrons. The van der Waals surface area contributed by atoms with Gasteiger partial charge in [0.2, 0.25) is 11.8 Å². The molecule has 2 aliphatic rings. The first-order valence-corrected chi connectivity index (χ1v) is 9.58. The highest BCUT2D eigenvalue weighted by Crippen LogP contribution is 2.48. The molecule has 1 saturated carbocycles. The van der Waals surface area contributed by atoms with Crippen molar-refractivity contribution in [2.45, 2.75) is 26.2 Å².